The average molecular weight is 1140 g/mol. The second-order valence-electron chi connectivity index (χ2n) is 18.2. The molecule has 2 heterocycles. The van der Waals surface area contributed by atoms with Crippen LogP contribution in [-0.4, -0.2) is 229 Å². The van der Waals surface area contributed by atoms with E-state index >= 15 is 0 Å². The summed E-state index contributed by atoms with van der Waals surface area (Å²) in [6.45, 7) is -4.66. The van der Waals surface area contributed by atoms with Gasteiger partial charge in [0.05, 0.1) is 58.0 Å². The summed E-state index contributed by atoms with van der Waals surface area (Å²) in [5.41, 5.74) is 8.79. The zero-order chi connectivity index (χ0) is 60.2. The summed E-state index contributed by atoms with van der Waals surface area (Å²) >= 11 is 0. The predicted octanol–water partition coefficient (Wildman–Crippen LogP) is -5.25. The Bertz CT molecular complexity index is 2860. The molecule has 4 amide bonds. The van der Waals surface area contributed by atoms with Crippen molar-refractivity contribution in [3.8, 4) is 0 Å². The normalized spacial score (nSPS) is 14.3. The van der Waals surface area contributed by atoms with Gasteiger partial charge in [-0.1, -0.05) is 36.4 Å². The van der Waals surface area contributed by atoms with Crippen LogP contribution in [0.4, 0.5) is 5.69 Å². The van der Waals surface area contributed by atoms with Crippen molar-refractivity contribution in [1.82, 2.24) is 68.4 Å². The molecule has 440 valence electrons. The van der Waals surface area contributed by atoms with E-state index in [1.54, 1.807) is 48.5 Å². The Hall–Kier alpha value is -9.16. The molecule has 0 saturated heterocycles. The molecule has 20 N–H and O–H groups in total. The first-order chi connectivity index (χ1) is 38.1. The molecule has 0 radical (unpaired) electrons. The third-order valence-electron chi connectivity index (χ3n) is 12.2. The maximum absolute atomic E-state index is 14.0. The zero-order valence-corrected chi connectivity index (χ0v) is 43.3. The van der Waals surface area contributed by atoms with Crippen molar-refractivity contribution in [3.63, 3.8) is 0 Å². The van der Waals surface area contributed by atoms with E-state index in [2.05, 4.69) is 63.9 Å². The second kappa shape index (κ2) is 29.7. The van der Waals surface area contributed by atoms with Crippen LogP contribution in [0.2, 0.25) is 0 Å². The number of amides is 4. The maximum atomic E-state index is 14.0. The number of carboxylic acid groups (broad SMARTS) is 8. The summed E-state index contributed by atoms with van der Waals surface area (Å²) in [7, 11) is 0. The molecule has 4 rings (SSSR count). The number of rotatable bonds is 35. The fourth-order valence-corrected chi connectivity index (χ4v) is 8.24. The maximum Gasteiger partial charge on any atom is 0.324 e. The number of H-pyrrole nitrogens is 1. The standard InChI is InChI=1S/C47H62N14O20/c1-46(50-17-33(64)65,51-18-34(66)67)41(45(80)81)48-12-11-30(44(78)79)49-16-31(62)56-58-42(76)39-26(24-7-3-5-9-28(24)54-39)15-27-25-8-4-6-10-29(25)55-40(27)43(77)59-57-32(63)21-60(22-37(72)73)13-14-61(23-38(74)75)47(2,52-19-35(68)69)53-20-36(70)71/h3-10,15,30,40-41,48-55H,11-14,16-23H2,1-2H3,(H,56,62)(H,57,63)(H,58,76)(H,59,77)(H,64,65)(H,66,67)(H,68,69)(H,70,71)(H,72,73)(H,74,75)(H,78,79)(H,80,81). The molecule has 2 aromatic carbocycles. The van der Waals surface area contributed by atoms with Crippen molar-refractivity contribution < 1.29 is 98.4 Å². The van der Waals surface area contributed by atoms with Crippen molar-refractivity contribution in [3.05, 3.63) is 65.4 Å². The van der Waals surface area contributed by atoms with Crippen LogP contribution in [0.5, 0.6) is 0 Å². The number of fused-ring (bicyclic) bond motifs is 2. The lowest BCUT2D eigenvalue weighted by molar-refractivity contribution is -0.145. The van der Waals surface area contributed by atoms with E-state index in [1.165, 1.54) is 19.9 Å². The van der Waals surface area contributed by atoms with Gasteiger partial charge in [0, 0.05) is 40.8 Å². The van der Waals surface area contributed by atoms with Gasteiger partial charge >= 0.3 is 47.8 Å². The van der Waals surface area contributed by atoms with E-state index in [0.717, 1.165) is 9.80 Å². The van der Waals surface area contributed by atoms with Crippen LogP contribution in [-0.2, 0) is 52.7 Å². The molecule has 1 aromatic heterocycles. The molecular weight excluding hydrogens is 1080 g/mol. The number of nitrogens with zero attached hydrogens (tertiary/aromatic N) is 2. The Labute approximate surface area is 458 Å². The summed E-state index contributed by atoms with van der Waals surface area (Å²) in [4.78, 5) is 153. The Morgan fingerprint density at radius 2 is 1.17 bits per heavy atom. The number of benzene rings is 2. The summed E-state index contributed by atoms with van der Waals surface area (Å²) < 4.78 is 0. The molecule has 81 heavy (non-hydrogen) atoms. The molecule has 34 nitrogen and oxygen atoms in total. The number of hydrogen-bond donors (Lipinski definition) is 20. The number of carbonyl (C=O) groups excluding carboxylic acids is 4. The van der Waals surface area contributed by atoms with Crippen LogP contribution < -0.4 is 58.9 Å². The predicted molar refractivity (Wildman–Crippen MR) is 278 cm³/mol. The fraction of sp³-hybridized carbons (Fsp3) is 0.404. The van der Waals surface area contributed by atoms with Crippen LogP contribution in [0.15, 0.2) is 48.5 Å². The zero-order valence-electron chi connectivity index (χ0n) is 43.3. The minimum atomic E-state index is -1.87. The van der Waals surface area contributed by atoms with Crippen molar-refractivity contribution in [2.24, 2.45) is 0 Å². The highest BCUT2D eigenvalue weighted by Gasteiger charge is 2.40. The highest BCUT2D eigenvalue weighted by atomic mass is 16.4. The Balaban J connectivity index is 1.48. The van der Waals surface area contributed by atoms with Gasteiger partial charge < -0.3 is 56.5 Å². The van der Waals surface area contributed by atoms with Crippen LogP contribution in [0.1, 0.15) is 41.9 Å². The number of nitrogens with one attached hydrogen (secondary N) is 12. The number of aromatic amines is 1. The lowest BCUT2D eigenvalue weighted by Crippen LogP contribution is -2.70. The molecule has 0 bridgehead atoms. The van der Waals surface area contributed by atoms with Gasteiger partial charge in [-0.15, -0.1) is 0 Å². The number of hydrazine groups is 2. The van der Waals surface area contributed by atoms with E-state index < -0.39 is 153 Å². The second-order valence-corrected chi connectivity index (χ2v) is 18.2. The van der Waals surface area contributed by atoms with Gasteiger partial charge in [-0.25, -0.2) is 0 Å². The Morgan fingerprint density at radius 3 is 1.75 bits per heavy atom. The quantitative estimate of drug-likeness (QED) is 0.0193. The molecule has 0 saturated carbocycles. The van der Waals surface area contributed by atoms with Crippen LogP contribution in [0.25, 0.3) is 22.6 Å². The average Bonchev–Trinajstić information content (AvgIpc) is 3.96. The highest BCUT2D eigenvalue weighted by Crippen LogP contribution is 2.38. The largest absolute Gasteiger partial charge is 0.480 e. The molecule has 0 spiro atoms. The third kappa shape index (κ3) is 19.6. The third-order valence-corrected chi connectivity index (χ3v) is 12.2. The van der Waals surface area contributed by atoms with E-state index in [9.17, 15) is 88.2 Å². The highest BCUT2D eigenvalue weighted by molar-refractivity contribution is 6.13. The smallest absolute Gasteiger partial charge is 0.324 e. The van der Waals surface area contributed by atoms with Crippen molar-refractivity contribution in [1.29, 1.82) is 0 Å². The molecule has 3 aromatic rings. The monoisotopic (exact) mass is 1140 g/mol. The number of carboxylic acids is 8. The lowest BCUT2D eigenvalue weighted by Gasteiger charge is -2.42. The van der Waals surface area contributed by atoms with Gasteiger partial charge in [-0.3, -0.25) is 116 Å². The number of para-hydroxylation sites is 2. The van der Waals surface area contributed by atoms with Crippen molar-refractivity contribution in [2.75, 3.05) is 77.3 Å². The number of aliphatic carboxylic acids is 8. The minimum Gasteiger partial charge on any atom is -0.480 e. The van der Waals surface area contributed by atoms with E-state index in [1.807, 2.05) is 0 Å². The number of hydrogen-bond acceptors (Lipinski definition) is 21. The SMILES string of the molecule is CC(NCC(=O)O)(NCC(=O)O)C(NCCC(NCC(=O)NNC(=O)c1[nH]c2ccccc2c1C=C1c2ccccc2NC1C(=O)NNC(=O)CN(CCN(CC(=O)O)C(C)(NCC(=O)O)NCC(=O)O)CC(=O)O)C(=O)O)C(=O)O. The first-order valence-electron chi connectivity index (χ1n) is 24.2. The molecule has 3 unspecified atom stereocenters. The topological polar surface area (TPSA) is 521 Å². The van der Waals surface area contributed by atoms with Crippen LogP contribution in [0, 0.1) is 0 Å². The summed E-state index contributed by atoms with van der Waals surface area (Å²) in [6, 6.07) is 8.81. The molecule has 0 fully saturated rings. The molecule has 1 aliphatic heterocycles. The summed E-state index contributed by atoms with van der Waals surface area (Å²) in [5.74, 6) is -16.8. The van der Waals surface area contributed by atoms with Gasteiger partial charge in [-0.05, 0) is 50.6 Å². The van der Waals surface area contributed by atoms with E-state index in [4.69, 9.17) is 10.2 Å². The van der Waals surface area contributed by atoms with Crippen LogP contribution in [0.3, 0.4) is 0 Å². The number of anilines is 1. The van der Waals surface area contributed by atoms with E-state index in [-0.39, 0.29) is 42.9 Å². The molecule has 0 aliphatic carbocycles. The fourth-order valence-electron chi connectivity index (χ4n) is 8.24. The Kier molecular flexibility index (Phi) is 23.6. The van der Waals surface area contributed by atoms with Gasteiger partial charge in [0.2, 0.25) is 0 Å². The van der Waals surface area contributed by atoms with E-state index in [0.29, 0.717) is 22.2 Å². The van der Waals surface area contributed by atoms with Crippen molar-refractivity contribution in [2.45, 2.75) is 49.8 Å². The van der Waals surface area contributed by atoms with Gasteiger partial charge in [0.25, 0.3) is 23.6 Å². The number of carbonyl (C=O) groups is 12. The van der Waals surface area contributed by atoms with Gasteiger partial charge in [0.1, 0.15) is 29.6 Å². The first-order valence-corrected chi connectivity index (χ1v) is 24.2. The van der Waals surface area contributed by atoms with Gasteiger partial charge in [0.15, 0.2) is 0 Å². The lowest BCUT2D eigenvalue weighted by atomic mass is 9.97. The number of aromatic nitrogens is 1. The molecule has 34 heteroatoms. The summed E-state index contributed by atoms with van der Waals surface area (Å²) in [6.07, 6.45) is 1.15. The molecule has 1 aliphatic rings. The Morgan fingerprint density at radius 1 is 0.605 bits per heavy atom. The minimum absolute atomic E-state index is 0.130. The summed E-state index contributed by atoms with van der Waals surface area (Å²) in [5, 5.41) is 94.3. The van der Waals surface area contributed by atoms with Crippen LogP contribution >= 0.6 is 0 Å². The van der Waals surface area contributed by atoms with Crippen molar-refractivity contribution >= 4 is 99.6 Å². The molecular formula is C47H62N14O20. The first kappa shape index (κ1) is 64.4. The van der Waals surface area contributed by atoms with Gasteiger partial charge in [-0.2, -0.15) is 0 Å². The molecule has 3 atom stereocenters.